The van der Waals surface area contributed by atoms with Crippen molar-refractivity contribution in [3.8, 4) is 5.75 Å². The highest BCUT2D eigenvalue weighted by atomic mass is 32.2. The van der Waals surface area contributed by atoms with Gasteiger partial charge in [0.1, 0.15) is 0 Å². The van der Waals surface area contributed by atoms with Gasteiger partial charge in [-0.1, -0.05) is 53.3 Å². The highest BCUT2D eigenvalue weighted by molar-refractivity contribution is 7.89. The predicted molar refractivity (Wildman–Crippen MR) is 121 cm³/mol. The number of amides is 1. The molecule has 170 valence electrons. The number of carbonyl (C=O) groups is 1. The fraction of sp³-hybridized carbons (Fsp3) is 0.304. The van der Waals surface area contributed by atoms with Gasteiger partial charge in [0.2, 0.25) is 10.0 Å². The fourth-order valence-corrected chi connectivity index (χ4v) is 4.98. The summed E-state index contributed by atoms with van der Waals surface area (Å²) >= 11 is 0. The summed E-state index contributed by atoms with van der Waals surface area (Å²) in [4.78, 5) is 13.5. The molecule has 0 radical (unpaired) electrons. The Labute approximate surface area is 188 Å². The van der Waals surface area contributed by atoms with E-state index in [4.69, 9.17) is 0 Å². The molecule has 2 N–H and O–H groups in total. The molecule has 0 bridgehead atoms. The van der Waals surface area contributed by atoms with Gasteiger partial charge in [0.25, 0.3) is 5.91 Å². The lowest BCUT2D eigenvalue weighted by molar-refractivity contribution is -0.895. The summed E-state index contributed by atoms with van der Waals surface area (Å²) in [5, 5.41) is 16.2. The van der Waals surface area contributed by atoms with E-state index in [1.54, 1.807) is 48.5 Å². The molecule has 3 rings (SSSR count). The number of allylic oxidation sites excluding steroid dienone is 1. The van der Waals surface area contributed by atoms with Gasteiger partial charge in [-0.05, 0) is 31.0 Å². The van der Waals surface area contributed by atoms with Gasteiger partial charge in [-0.3, -0.25) is 4.79 Å². The van der Waals surface area contributed by atoms with Crippen LogP contribution in [-0.4, -0.2) is 57.6 Å². The second-order valence-electron chi connectivity index (χ2n) is 7.77. The van der Waals surface area contributed by atoms with Crippen LogP contribution in [0.25, 0.3) is 0 Å². The molecule has 2 aromatic carbocycles. The molecule has 2 aromatic rings. The molecular weight excluding hydrogens is 428 g/mol. The van der Waals surface area contributed by atoms with E-state index in [0.29, 0.717) is 43.7 Å². The van der Waals surface area contributed by atoms with Crippen LogP contribution in [0.2, 0.25) is 0 Å². The summed E-state index contributed by atoms with van der Waals surface area (Å²) < 4.78 is 27.0. The average molecular weight is 457 g/mol. The van der Waals surface area contributed by atoms with Gasteiger partial charge in [0.15, 0.2) is 6.54 Å². The van der Waals surface area contributed by atoms with Crippen LogP contribution in [0.5, 0.6) is 5.75 Å². The lowest BCUT2D eigenvalue weighted by Crippen LogP contribution is -3.15. The lowest BCUT2D eigenvalue weighted by Gasteiger charge is -2.31. The largest absolute Gasteiger partial charge is 0.872 e. The fourth-order valence-electron chi connectivity index (χ4n) is 3.54. The molecule has 0 atom stereocenters. The Morgan fingerprint density at radius 3 is 2.56 bits per heavy atom. The van der Waals surface area contributed by atoms with Crippen molar-refractivity contribution in [2.75, 3.05) is 32.7 Å². The molecule has 1 saturated heterocycles. The number of aryl methyl sites for hydroxylation is 1. The molecule has 1 aliphatic heterocycles. The van der Waals surface area contributed by atoms with Crippen molar-refractivity contribution in [1.82, 2.24) is 9.73 Å². The number of rotatable bonds is 8. The molecule has 0 aliphatic carbocycles. The number of hydrazone groups is 1. The molecule has 1 heterocycles. The van der Waals surface area contributed by atoms with Gasteiger partial charge in [-0.25, -0.2) is 13.8 Å². The van der Waals surface area contributed by atoms with E-state index in [9.17, 15) is 18.3 Å². The topological polar surface area (TPSA) is 106 Å². The van der Waals surface area contributed by atoms with Crippen molar-refractivity contribution in [2.24, 2.45) is 5.10 Å². The van der Waals surface area contributed by atoms with E-state index < -0.39 is 10.0 Å². The number of quaternary nitrogens is 1. The number of nitrogens with zero attached hydrogens (tertiary/aromatic N) is 2. The highest BCUT2D eigenvalue weighted by Crippen LogP contribution is 2.18. The summed E-state index contributed by atoms with van der Waals surface area (Å²) in [7, 11) is -3.53. The number of hydrogen-bond acceptors (Lipinski definition) is 5. The zero-order valence-corrected chi connectivity index (χ0v) is 18.9. The maximum atomic E-state index is 12.8. The lowest BCUT2D eigenvalue weighted by atomic mass is 10.1. The molecule has 0 aromatic heterocycles. The second-order valence-corrected chi connectivity index (χ2v) is 9.70. The normalized spacial score (nSPS) is 15.7. The number of hydrogen-bond donors (Lipinski definition) is 2. The number of nitrogens with one attached hydrogen (secondary N) is 2. The molecular formula is C23H28N4O4S. The SMILES string of the molecule is C=CCc1cccc(C=NNC(=O)C[NH+]2CCN(S(=O)(=O)c3ccc(C)cc3)CC2)c1[O-]. The first kappa shape index (κ1) is 23.6. The van der Waals surface area contributed by atoms with Crippen molar-refractivity contribution >= 4 is 22.1 Å². The average Bonchev–Trinajstić information content (AvgIpc) is 2.77. The van der Waals surface area contributed by atoms with E-state index in [0.717, 1.165) is 10.5 Å². The van der Waals surface area contributed by atoms with Gasteiger partial charge in [0.05, 0.1) is 37.3 Å². The molecule has 0 unspecified atom stereocenters. The summed E-state index contributed by atoms with van der Waals surface area (Å²) in [5.41, 5.74) is 4.47. The van der Waals surface area contributed by atoms with Crippen molar-refractivity contribution in [3.63, 3.8) is 0 Å². The molecule has 32 heavy (non-hydrogen) atoms. The predicted octanol–water partition coefficient (Wildman–Crippen LogP) is -0.163. The van der Waals surface area contributed by atoms with E-state index in [2.05, 4.69) is 17.1 Å². The van der Waals surface area contributed by atoms with Crippen LogP contribution in [0.3, 0.4) is 0 Å². The molecule has 1 fully saturated rings. The van der Waals surface area contributed by atoms with Crippen molar-refractivity contribution in [1.29, 1.82) is 0 Å². The summed E-state index contributed by atoms with van der Waals surface area (Å²) in [5.74, 6) is -0.428. The Hall–Kier alpha value is -3.01. The van der Waals surface area contributed by atoms with Crippen molar-refractivity contribution in [3.05, 3.63) is 71.8 Å². The molecule has 1 amide bonds. The Morgan fingerprint density at radius 1 is 1.22 bits per heavy atom. The van der Waals surface area contributed by atoms with Crippen molar-refractivity contribution in [2.45, 2.75) is 18.2 Å². The van der Waals surface area contributed by atoms with Gasteiger partial charge in [0, 0.05) is 0 Å². The van der Waals surface area contributed by atoms with Crippen LogP contribution in [0.1, 0.15) is 16.7 Å². The Balaban J connectivity index is 1.49. The minimum absolute atomic E-state index is 0.137. The van der Waals surface area contributed by atoms with Gasteiger partial charge in [-0.15, -0.1) is 6.58 Å². The maximum absolute atomic E-state index is 12.8. The smallest absolute Gasteiger partial charge is 0.295 e. The standard InChI is InChI=1S/C23H28N4O4S/c1-3-5-19-6-4-7-20(23(19)29)16-24-25-22(28)17-26-12-14-27(15-13-26)32(30,31)21-10-8-18(2)9-11-21/h3-4,6-11,16,29H,1,5,12-15,17H2,2H3,(H,25,28). The molecule has 8 nitrogen and oxygen atoms in total. The third-order valence-electron chi connectivity index (χ3n) is 5.38. The van der Waals surface area contributed by atoms with Crippen LogP contribution in [0.15, 0.2) is 65.1 Å². The van der Waals surface area contributed by atoms with Gasteiger partial charge < -0.3 is 10.0 Å². The molecule has 0 saturated carbocycles. The summed E-state index contributed by atoms with van der Waals surface area (Å²) in [6.07, 6.45) is 3.48. The van der Waals surface area contributed by atoms with Gasteiger partial charge in [-0.2, -0.15) is 9.41 Å². The second kappa shape index (κ2) is 10.5. The van der Waals surface area contributed by atoms with Crippen LogP contribution in [-0.2, 0) is 21.2 Å². The zero-order chi connectivity index (χ0) is 23.1. The summed E-state index contributed by atoms with van der Waals surface area (Å²) in [6.45, 7) is 7.46. The number of benzene rings is 2. The first-order chi connectivity index (χ1) is 15.3. The van der Waals surface area contributed by atoms with Crippen molar-refractivity contribution < 1.29 is 23.2 Å². The molecule has 1 aliphatic rings. The third-order valence-corrected chi connectivity index (χ3v) is 7.30. The number of piperazine rings is 1. The quantitative estimate of drug-likeness (QED) is 0.327. The minimum Gasteiger partial charge on any atom is -0.872 e. The molecule has 0 spiro atoms. The van der Waals surface area contributed by atoms with Crippen LogP contribution in [0, 0.1) is 6.92 Å². The molecule has 9 heteroatoms. The number of para-hydroxylation sites is 1. The van der Waals surface area contributed by atoms with Crippen LogP contribution < -0.4 is 15.4 Å². The van der Waals surface area contributed by atoms with E-state index >= 15 is 0 Å². The van der Waals surface area contributed by atoms with Gasteiger partial charge >= 0.3 is 0 Å². The van der Waals surface area contributed by atoms with Crippen LogP contribution in [0.4, 0.5) is 0 Å². The monoisotopic (exact) mass is 456 g/mol. The first-order valence-corrected chi connectivity index (χ1v) is 11.9. The highest BCUT2D eigenvalue weighted by Gasteiger charge is 2.31. The third kappa shape index (κ3) is 5.82. The maximum Gasteiger partial charge on any atom is 0.295 e. The Bertz CT molecular complexity index is 1090. The Morgan fingerprint density at radius 2 is 1.91 bits per heavy atom. The number of sulfonamides is 1. The minimum atomic E-state index is -3.53. The van der Waals surface area contributed by atoms with E-state index in [1.165, 1.54) is 10.5 Å². The number of carbonyl (C=O) groups excluding carboxylic acids is 1. The van der Waals surface area contributed by atoms with Crippen LogP contribution >= 0.6 is 0 Å². The Kier molecular flexibility index (Phi) is 7.79. The first-order valence-electron chi connectivity index (χ1n) is 10.4. The zero-order valence-electron chi connectivity index (χ0n) is 18.1. The summed E-state index contributed by atoms with van der Waals surface area (Å²) in [6, 6.07) is 11.9. The van der Waals surface area contributed by atoms with E-state index in [1.807, 2.05) is 6.92 Å². The van der Waals surface area contributed by atoms with E-state index in [-0.39, 0.29) is 23.1 Å².